The molecule has 412 valence electrons. The van der Waals surface area contributed by atoms with Gasteiger partial charge in [0.15, 0.2) is 28.1 Å². The van der Waals surface area contributed by atoms with Gasteiger partial charge in [-0.3, -0.25) is 9.59 Å². The Morgan fingerprint density at radius 1 is 0.450 bits per heavy atom. The second kappa shape index (κ2) is 28.9. The summed E-state index contributed by atoms with van der Waals surface area (Å²) in [6.07, 6.45) is -0.639. The monoisotopic (exact) mass is 1140 g/mol. The molecule has 80 heavy (non-hydrogen) atoms. The minimum absolute atomic E-state index is 0. The molecule has 0 aliphatic heterocycles. The first kappa shape index (κ1) is 63.7. The van der Waals surface area contributed by atoms with Crippen molar-refractivity contribution in [3.05, 3.63) is 274 Å². The zero-order chi connectivity index (χ0) is 57.3. The third kappa shape index (κ3) is 16.3. The number of aryl methyl sites for hydroxylation is 2. The van der Waals surface area contributed by atoms with Crippen molar-refractivity contribution in [2.24, 2.45) is 0 Å². The van der Waals surface area contributed by atoms with Gasteiger partial charge >= 0.3 is 52.0 Å². The molecule has 0 N–H and O–H groups in total. The number of sulfone groups is 1. The van der Waals surface area contributed by atoms with E-state index in [1.54, 1.807) is 97.1 Å². The molecule has 0 saturated carbocycles. The van der Waals surface area contributed by atoms with Crippen molar-refractivity contribution in [2.45, 2.75) is 47.9 Å². The number of halogens is 4. The molecule has 0 aliphatic rings. The summed E-state index contributed by atoms with van der Waals surface area (Å²) in [5, 5.41) is -9.07. The first-order chi connectivity index (χ1) is 37.6. The number of carbonyl (C=O) groups excluding carboxylic acids is 2. The third-order valence-electron chi connectivity index (χ3n) is 12.5. The SMILES string of the molecule is COc1ccc(CC(=O)OCC(F)(F)S(=O)(=O)C(c2ccccc2)(c2ccccc2)c2ccc(C)cc2)cc1.COc1ccc(CC(=O)OCC(F)(F)S(=O)(=O)[O-])cc1.Cc1ccc(C(c2ccccc2)c2ccccc2)cc1.[Na+]. The summed E-state index contributed by atoms with van der Waals surface area (Å²) >= 11 is 0. The molecule has 8 rings (SSSR count). The van der Waals surface area contributed by atoms with E-state index < -0.39 is 60.4 Å². The zero-order valence-corrected chi connectivity index (χ0v) is 48.1. The fourth-order valence-corrected chi connectivity index (χ4v) is 10.6. The van der Waals surface area contributed by atoms with Crippen molar-refractivity contribution in [1.82, 2.24) is 0 Å². The standard InChI is InChI=1S/C31H28F2O5S.C20H18.C11H12F2O6S.Na/c1-23-13-17-27(18-14-23)31(25-9-5-3-6-10-25,26-11-7-4-8-12-26)39(35,36)30(32,33)22-38-29(34)21-24-15-19-28(37-2)20-16-24;1-16-12-14-19(15-13-16)20(17-8-4-2-5-9-17)18-10-6-3-7-11-18;1-18-9-4-2-8(3-5-9)6-10(14)19-7-11(12,13)20(15,16)17;/h3-20H,21-22H2,1-2H3;2-15,20H,1H3;2-5H,6-7H2,1H3,(H,15,16,17);/q;;;+1/p-1. The Morgan fingerprint density at radius 3 is 1.11 bits per heavy atom. The van der Waals surface area contributed by atoms with Crippen molar-refractivity contribution in [1.29, 1.82) is 0 Å². The van der Waals surface area contributed by atoms with Crippen LogP contribution in [-0.2, 0) is 56.6 Å². The van der Waals surface area contributed by atoms with Crippen LogP contribution in [-0.4, -0.2) is 71.3 Å². The molecule has 0 bridgehead atoms. The molecule has 0 radical (unpaired) electrons. The predicted octanol–water partition coefficient (Wildman–Crippen LogP) is 9.19. The Kier molecular flexibility index (Phi) is 23.0. The average Bonchev–Trinajstić information content (AvgIpc) is 3.65. The van der Waals surface area contributed by atoms with Crippen LogP contribution in [0.4, 0.5) is 17.6 Å². The first-order valence-corrected chi connectivity index (χ1v) is 27.4. The van der Waals surface area contributed by atoms with Crippen molar-refractivity contribution in [3.63, 3.8) is 0 Å². The van der Waals surface area contributed by atoms with Gasteiger partial charge in [0.2, 0.25) is 9.84 Å². The maximum Gasteiger partial charge on any atom is 1.00 e. The average molecular weight is 1140 g/mol. The molecule has 0 fully saturated rings. The van der Waals surface area contributed by atoms with E-state index in [1.807, 2.05) is 6.92 Å². The largest absolute Gasteiger partial charge is 1.00 e. The van der Waals surface area contributed by atoms with Gasteiger partial charge in [0.25, 0.3) is 0 Å². The van der Waals surface area contributed by atoms with Gasteiger partial charge in [0, 0.05) is 5.92 Å². The molecule has 0 atom stereocenters. The third-order valence-corrected chi connectivity index (χ3v) is 15.7. The Balaban J connectivity index is 0.000000241. The number of carbonyl (C=O) groups is 2. The minimum atomic E-state index is -5.86. The van der Waals surface area contributed by atoms with Gasteiger partial charge in [-0.05, 0) is 82.6 Å². The van der Waals surface area contributed by atoms with Crippen molar-refractivity contribution in [2.75, 3.05) is 27.4 Å². The van der Waals surface area contributed by atoms with E-state index in [-0.39, 0.29) is 59.1 Å². The van der Waals surface area contributed by atoms with Crippen molar-refractivity contribution >= 4 is 31.9 Å². The Hall–Kier alpha value is -7.12. The summed E-state index contributed by atoms with van der Waals surface area (Å²) in [5.74, 6) is -0.628. The van der Waals surface area contributed by atoms with Crippen LogP contribution in [0.25, 0.3) is 0 Å². The molecule has 0 aromatic heterocycles. The molecular weight excluding hydrogens is 1080 g/mol. The Bertz CT molecular complexity index is 3360. The molecule has 0 saturated heterocycles. The number of hydrogen-bond acceptors (Lipinski definition) is 11. The van der Waals surface area contributed by atoms with Gasteiger partial charge in [-0.25, -0.2) is 16.8 Å². The predicted molar refractivity (Wildman–Crippen MR) is 293 cm³/mol. The number of ether oxygens (including phenoxy) is 4. The van der Waals surface area contributed by atoms with E-state index in [0.717, 1.165) is 5.56 Å². The van der Waals surface area contributed by atoms with E-state index in [1.165, 1.54) is 72.9 Å². The smallest absolute Gasteiger partial charge is 0.743 e. The maximum atomic E-state index is 15.9. The summed E-state index contributed by atoms with van der Waals surface area (Å²) in [6.45, 7) is 0.525. The van der Waals surface area contributed by atoms with Crippen LogP contribution in [0.1, 0.15) is 61.6 Å². The summed E-state index contributed by atoms with van der Waals surface area (Å²) in [6, 6.07) is 65.1. The molecule has 8 aromatic carbocycles. The number of alkyl halides is 4. The van der Waals surface area contributed by atoms with E-state index in [4.69, 9.17) is 14.2 Å². The summed E-state index contributed by atoms with van der Waals surface area (Å²) < 4.78 is 133. The number of methoxy groups -OCH3 is 2. The van der Waals surface area contributed by atoms with Gasteiger partial charge in [-0.1, -0.05) is 205 Å². The Morgan fingerprint density at radius 2 is 0.762 bits per heavy atom. The van der Waals surface area contributed by atoms with Gasteiger partial charge in [0.1, 0.15) is 11.5 Å². The maximum absolute atomic E-state index is 15.9. The van der Waals surface area contributed by atoms with E-state index in [2.05, 4.69) is 96.6 Å². The molecule has 0 amide bonds. The molecule has 18 heteroatoms. The van der Waals surface area contributed by atoms with E-state index >= 15 is 8.78 Å². The number of esters is 2. The molecule has 0 spiro atoms. The Labute approximate surface area is 486 Å². The van der Waals surface area contributed by atoms with Crippen LogP contribution in [0.5, 0.6) is 11.5 Å². The van der Waals surface area contributed by atoms with Gasteiger partial charge in [-0.15, -0.1) is 0 Å². The van der Waals surface area contributed by atoms with Crippen LogP contribution in [0.15, 0.2) is 218 Å². The van der Waals surface area contributed by atoms with E-state index in [9.17, 15) is 39.8 Å². The van der Waals surface area contributed by atoms with Crippen LogP contribution >= 0.6 is 0 Å². The number of hydrogen-bond donors (Lipinski definition) is 0. The van der Waals surface area contributed by atoms with Gasteiger partial charge in [0.05, 0.1) is 27.1 Å². The topological polar surface area (TPSA) is 162 Å². The fraction of sp³-hybridized carbons (Fsp3) is 0.194. The van der Waals surface area contributed by atoms with Crippen molar-refractivity contribution < 1.29 is 97.0 Å². The number of rotatable bonds is 19. The summed E-state index contributed by atoms with van der Waals surface area (Å²) in [7, 11) is -8.35. The summed E-state index contributed by atoms with van der Waals surface area (Å²) in [4.78, 5) is 23.7. The normalized spacial score (nSPS) is 11.6. The molecule has 0 unspecified atom stereocenters. The number of benzene rings is 8. The molecule has 0 heterocycles. The quantitative estimate of drug-likeness (QED) is 0.0250. The van der Waals surface area contributed by atoms with Gasteiger partial charge in [-0.2, -0.15) is 17.6 Å². The first-order valence-electron chi connectivity index (χ1n) is 24.5. The van der Waals surface area contributed by atoms with Crippen LogP contribution < -0.4 is 39.0 Å². The van der Waals surface area contributed by atoms with Crippen molar-refractivity contribution in [3.8, 4) is 11.5 Å². The second-order valence-electron chi connectivity index (χ2n) is 18.0. The molecule has 8 aromatic rings. The van der Waals surface area contributed by atoms with Crippen LogP contribution in [0.3, 0.4) is 0 Å². The zero-order valence-electron chi connectivity index (χ0n) is 44.5. The molecule has 0 aliphatic carbocycles. The van der Waals surface area contributed by atoms with Crippen LogP contribution in [0, 0.1) is 13.8 Å². The summed E-state index contributed by atoms with van der Waals surface area (Å²) in [5.41, 5.74) is 7.55. The second-order valence-corrected chi connectivity index (χ2v) is 21.8. The van der Waals surface area contributed by atoms with E-state index in [0.29, 0.717) is 28.5 Å². The van der Waals surface area contributed by atoms with Crippen LogP contribution in [0.2, 0.25) is 0 Å². The minimum Gasteiger partial charge on any atom is -0.743 e. The van der Waals surface area contributed by atoms with Gasteiger partial charge < -0.3 is 23.5 Å². The molecular formula is C62H57F4NaO11S2. The molecule has 11 nitrogen and oxygen atoms in total. The fourth-order valence-electron chi connectivity index (χ4n) is 8.35.